The van der Waals surface area contributed by atoms with Crippen LogP contribution in [-0.2, 0) is 9.53 Å². The van der Waals surface area contributed by atoms with E-state index in [9.17, 15) is 4.79 Å². The van der Waals surface area contributed by atoms with Crippen molar-refractivity contribution in [1.29, 1.82) is 0 Å². The van der Waals surface area contributed by atoms with Crippen LogP contribution in [0.2, 0.25) is 15.1 Å². The summed E-state index contributed by atoms with van der Waals surface area (Å²) in [5.74, 6) is -0.106. The number of rotatable bonds is 10. The quantitative estimate of drug-likeness (QED) is 0.270. The molecule has 3 nitrogen and oxygen atoms in total. The van der Waals surface area contributed by atoms with Crippen LogP contribution in [0.15, 0.2) is 12.1 Å². The molecular weight excluding hydrogens is 359 g/mol. The Kier molecular flexibility index (Phi) is 9.77. The van der Waals surface area contributed by atoms with E-state index >= 15 is 0 Å². The Balaban J connectivity index is 2.33. The smallest absolute Gasteiger partial charge is 0.347 e. The maximum Gasteiger partial charge on any atom is 0.347 e. The van der Waals surface area contributed by atoms with Gasteiger partial charge >= 0.3 is 5.97 Å². The predicted octanol–water partition coefficient (Wildman–Crippen LogP) is 6.32. The van der Waals surface area contributed by atoms with Gasteiger partial charge < -0.3 is 9.47 Å². The van der Waals surface area contributed by atoms with Gasteiger partial charge in [0.25, 0.3) is 0 Å². The molecule has 0 heterocycles. The van der Waals surface area contributed by atoms with E-state index < -0.39 is 12.1 Å². The van der Waals surface area contributed by atoms with Crippen molar-refractivity contribution in [2.24, 2.45) is 0 Å². The maximum absolute atomic E-state index is 11.9. The molecule has 6 heteroatoms. The molecule has 0 aliphatic rings. The molecule has 0 radical (unpaired) electrons. The Morgan fingerprint density at radius 2 is 1.61 bits per heavy atom. The number of hydrogen-bond acceptors (Lipinski definition) is 3. The molecule has 1 rings (SSSR count). The summed E-state index contributed by atoms with van der Waals surface area (Å²) in [6, 6.07) is 2.97. The summed E-state index contributed by atoms with van der Waals surface area (Å²) >= 11 is 17.8. The summed E-state index contributed by atoms with van der Waals surface area (Å²) in [4.78, 5) is 11.9. The zero-order chi connectivity index (χ0) is 17.2. The predicted molar refractivity (Wildman–Crippen MR) is 95.9 cm³/mol. The van der Waals surface area contributed by atoms with Gasteiger partial charge in [-0.3, -0.25) is 0 Å². The Morgan fingerprint density at radius 3 is 2.30 bits per heavy atom. The lowest BCUT2D eigenvalue weighted by molar-refractivity contribution is -0.151. The van der Waals surface area contributed by atoms with Gasteiger partial charge in [0.2, 0.25) is 0 Å². The highest BCUT2D eigenvalue weighted by molar-refractivity contribution is 6.43. The van der Waals surface area contributed by atoms with Gasteiger partial charge in [-0.05, 0) is 19.4 Å². The van der Waals surface area contributed by atoms with Crippen LogP contribution in [0.3, 0.4) is 0 Å². The second-order valence-electron chi connectivity index (χ2n) is 5.39. The number of carbonyl (C=O) groups is 1. The maximum atomic E-state index is 11.9. The molecule has 1 atom stereocenters. The largest absolute Gasteiger partial charge is 0.477 e. The molecule has 1 aromatic rings. The van der Waals surface area contributed by atoms with Crippen LogP contribution in [0.5, 0.6) is 5.75 Å². The minimum Gasteiger partial charge on any atom is -0.477 e. The first-order valence-corrected chi connectivity index (χ1v) is 9.07. The second kappa shape index (κ2) is 11.0. The number of ether oxygens (including phenoxy) is 2. The summed E-state index contributed by atoms with van der Waals surface area (Å²) in [7, 11) is 0. The number of benzene rings is 1. The van der Waals surface area contributed by atoms with Gasteiger partial charge in [0.05, 0.1) is 21.7 Å². The number of esters is 1. The molecule has 0 amide bonds. The van der Waals surface area contributed by atoms with Crippen LogP contribution < -0.4 is 4.74 Å². The Bertz CT molecular complexity index is 506. The van der Waals surface area contributed by atoms with Crippen molar-refractivity contribution in [3.05, 3.63) is 27.2 Å². The van der Waals surface area contributed by atoms with Gasteiger partial charge in [-0.15, -0.1) is 0 Å². The highest BCUT2D eigenvalue weighted by Crippen LogP contribution is 2.34. The first-order chi connectivity index (χ1) is 11.0. The number of hydrogen-bond donors (Lipinski definition) is 0. The van der Waals surface area contributed by atoms with Crippen LogP contribution in [0.1, 0.15) is 52.4 Å². The molecule has 0 saturated heterocycles. The molecule has 0 aromatic heterocycles. The van der Waals surface area contributed by atoms with Gasteiger partial charge in [-0.2, -0.15) is 0 Å². The van der Waals surface area contributed by atoms with Crippen molar-refractivity contribution in [3.8, 4) is 5.75 Å². The van der Waals surface area contributed by atoms with Gasteiger partial charge in [0, 0.05) is 6.07 Å². The highest BCUT2D eigenvalue weighted by Gasteiger charge is 2.18. The minimum absolute atomic E-state index is 0.301. The summed E-state index contributed by atoms with van der Waals surface area (Å²) in [5.41, 5.74) is 0. The van der Waals surface area contributed by atoms with Crippen molar-refractivity contribution in [2.45, 2.75) is 58.5 Å². The third-order valence-corrected chi connectivity index (χ3v) is 4.37. The standard InChI is InChI=1S/C17H23Cl3O3/c1-3-4-5-6-7-8-9-22-17(21)12(2)23-16-11-14(19)13(18)10-15(16)20/h10-12H,3-9H2,1-2H3/t12-/m0/s1. The van der Waals surface area contributed by atoms with E-state index in [2.05, 4.69) is 6.92 Å². The highest BCUT2D eigenvalue weighted by atomic mass is 35.5. The number of unbranched alkanes of at least 4 members (excludes halogenated alkanes) is 5. The average molecular weight is 382 g/mol. The molecule has 0 spiro atoms. The van der Waals surface area contributed by atoms with Gasteiger partial charge in [-0.25, -0.2) is 4.79 Å². The van der Waals surface area contributed by atoms with Crippen LogP contribution in [0.25, 0.3) is 0 Å². The third-order valence-electron chi connectivity index (χ3n) is 3.35. The topological polar surface area (TPSA) is 35.5 Å². The van der Waals surface area contributed by atoms with Crippen LogP contribution in [-0.4, -0.2) is 18.7 Å². The molecule has 0 saturated carbocycles. The molecule has 130 valence electrons. The van der Waals surface area contributed by atoms with Crippen LogP contribution in [0, 0.1) is 0 Å². The monoisotopic (exact) mass is 380 g/mol. The van der Waals surface area contributed by atoms with E-state index in [0.717, 1.165) is 12.8 Å². The van der Waals surface area contributed by atoms with Gasteiger partial charge in [0.15, 0.2) is 6.10 Å². The van der Waals surface area contributed by atoms with Crippen LogP contribution in [0.4, 0.5) is 0 Å². The lowest BCUT2D eigenvalue weighted by Gasteiger charge is -2.15. The van der Waals surface area contributed by atoms with Crippen molar-refractivity contribution in [1.82, 2.24) is 0 Å². The summed E-state index contributed by atoms with van der Waals surface area (Å²) in [5, 5.41) is 0.955. The Morgan fingerprint density at radius 1 is 1.00 bits per heavy atom. The molecule has 23 heavy (non-hydrogen) atoms. The average Bonchev–Trinajstić information content (AvgIpc) is 2.51. The SMILES string of the molecule is CCCCCCCCOC(=O)[C@H](C)Oc1cc(Cl)c(Cl)cc1Cl. The van der Waals surface area contributed by atoms with Gasteiger partial charge in [-0.1, -0.05) is 73.8 Å². The summed E-state index contributed by atoms with van der Waals surface area (Å²) in [6.45, 7) is 4.21. The summed E-state index contributed by atoms with van der Waals surface area (Å²) < 4.78 is 10.7. The van der Waals surface area contributed by atoms with Gasteiger partial charge in [0.1, 0.15) is 5.75 Å². The second-order valence-corrected chi connectivity index (χ2v) is 6.61. The molecule has 0 fully saturated rings. The van der Waals surface area contributed by atoms with E-state index in [0.29, 0.717) is 27.4 Å². The van der Waals surface area contributed by atoms with E-state index in [4.69, 9.17) is 44.3 Å². The minimum atomic E-state index is -0.759. The fourth-order valence-corrected chi connectivity index (χ4v) is 2.59. The third kappa shape index (κ3) is 7.65. The molecule has 1 aromatic carbocycles. The fourth-order valence-electron chi connectivity index (χ4n) is 2.01. The van der Waals surface area contributed by atoms with E-state index in [1.165, 1.54) is 37.8 Å². The fraction of sp³-hybridized carbons (Fsp3) is 0.588. The lowest BCUT2D eigenvalue weighted by atomic mass is 10.1. The first kappa shape index (κ1) is 20.4. The van der Waals surface area contributed by atoms with Crippen molar-refractivity contribution in [3.63, 3.8) is 0 Å². The summed E-state index contributed by atoms with van der Waals surface area (Å²) in [6.07, 6.45) is 6.08. The van der Waals surface area contributed by atoms with E-state index in [-0.39, 0.29) is 0 Å². The van der Waals surface area contributed by atoms with Crippen LogP contribution >= 0.6 is 34.8 Å². The zero-order valence-electron chi connectivity index (χ0n) is 13.5. The first-order valence-electron chi connectivity index (χ1n) is 7.93. The molecule has 0 aliphatic carbocycles. The van der Waals surface area contributed by atoms with E-state index in [1.54, 1.807) is 6.92 Å². The van der Waals surface area contributed by atoms with Crippen molar-refractivity contribution < 1.29 is 14.3 Å². The normalized spacial score (nSPS) is 12.0. The number of carbonyl (C=O) groups excluding carboxylic acids is 1. The lowest BCUT2D eigenvalue weighted by Crippen LogP contribution is -2.26. The van der Waals surface area contributed by atoms with E-state index in [1.807, 2.05) is 0 Å². The molecule has 0 aliphatic heterocycles. The molecule has 0 N–H and O–H groups in total. The van der Waals surface area contributed by atoms with Crippen molar-refractivity contribution >= 4 is 40.8 Å². The molecule has 0 unspecified atom stereocenters. The Labute approximate surface area is 153 Å². The Hall–Kier alpha value is -0.640. The molecule has 0 bridgehead atoms. The molecular formula is C17H23Cl3O3. The number of halogens is 3. The van der Waals surface area contributed by atoms with Crippen molar-refractivity contribution in [2.75, 3.05) is 6.61 Å². The zero-order valence-corrected chi connectivity index (χ0v) is 15.8.